The summed E-state index contributed by atoms with van der Waals surface area (Å²) < 4.78 is 5.19. The summed E-state index contributed by atoms with van der Waals surface area (Å²) in [6.07, 6.45) is 6.92. The number of piperidine rings is 1. The second-order valence-corrected chi connectivity index (χ2v) is 7.08. The van der Waals surface area contributed by atoms with E-state index in [-0.39, 0.29) is 5.91 Å². The van der Waals surface area contributed by atoms with Crippen LogP contribution < -0.4 is 10.1 Å². The third-order valence-corrected chi connectivity index (χ3v) is 5.08. The van der Waals surface area contributed by atoms with Crippen LogP contribution in [0, 0.1) is 0 Å². The van der Waals surface area contributed by atoms with Crippen molar-refractivity contribution in [3.05, 3.63) is 66.5 Å². The number of hydrogen-bond acceptors (Lipinski definition) is 5. The first-order chi connectivity index (χ1) is 14.2. The van der Waals surface area contributed by atoms with Crippen LogP contribution in [-0.2, 0) is 0 Å². The lowest BCUT2D eigenvalue weighted by atomic mass is 10.1. The highest BCUT2D eigenvalue weighted by Crippen LogP contribution is 2.23. The Morgan fingerprint density at radius 3 is 2.38 bits per heavy atom. The maximum absolute atomic E-state index is 12.7. The van der Waals surface area contributed by atoms with Gasteiger partial charge in [0, 0.05) is 42.3 Å². The average molecular weight is 388 g/mol. The van der Waals surface area contributed by atoms with Gasteiger partial charge in [0.2, 0.25) is 5.95 Å². The van der Waals surface area contributed by atoms with Crippen molar-refractivity contribution in [3.8, 4) is 16.9 Å². The number of methoxy groups -OCH3 is 1. The minimum atomic E-state index is 0.0872. The monoisotopic (exact) mass is 388 g/mol. The zero-order valence-electron chi connectivity index (χ0n) is 16.5. The van der Waals surface area contributed by atoms with Gasteiger partial charge in [0.1, 0.15) is 5.75 Å². The second kappa shape index (κ2) is 8.73. The topological polar surface area (TPSA) is 67.3 Å². The highest BCUT2D eigenvalue weighted by Gasteiger charge is 2.18. The number of hydrogen-bond donors (Lipinski definition) is 1. The molecule has 0 atom stereocenters. The molecule has 0 aliphatic carbocycles. The van der Waals surface area contributed by atoms with Crippen LogP contribution in [0.5, 0.6) is 5.75 Å². The number of rotatable bonds is 5. The van der Waals surface area contributed by atoms with E-state index in [0.717, 1.165) is 48.5 Å². The van der Waals surface area contributed by atoms with Crippen LogP contribution in [0.1, 0.15) is 29.6 Å². The Balaban J connectivity index is 1.45. The van der Waals surface area contributed by atoms with E-state index in [1.807, 2.05) is 53.4 Å². The fourth-order valence-corrected chi connectivity index (χ4v) is 3.46. The van der Waals surface area contributed by atoms with Gasteiger partial charge in [0.25, 0.3) is 5.91 Å². The number of aromatic nitrogens is 2. The molecule has 1 aromatic heterocycles. The van der Waals surface area contributed by atoms with E-state index in [4.69, 9.17) is 4.74 Å². The largest absolute Gasteiger partial charge is 0.497 e. The molecule has 0 spiro atoms. The van der Waals surface area contributed by atoms with Gasteiger partial charge in [-0.25, -0.2) is 9.97 Å². The molecule has 148 valence electrons. The Kier molecular flexibility index (Phi) is 5.70. The van der Waals surface area contributed by atoms with E-state index in [1.54, 1.807) is 19.5 Å². The third kappa shape index (κ3) is 4.54. The molecule has 0 saturated carbocycles. The fraction of sp³-hybridized carbons (Fsp3) is 0.261. The van der Waals surface area contributed by atoms with Gasteiger partial charge in [-0.1, -0.05) is 18.2 Å². The summed E-state index contributed by atoms with van der Waals surface area (Å²) in [7, 11) is 1.65. The molecule has 1 aliphatic heterocycles. The number of anilines is 2. The van der Waals surface area contributed by atoms with Crippen LogP contribution in [0.3, 0.4) is 0 Å². The van der Waals surface area contributed by atoms with Crippen molar-refractivity contribution in [1.29, 1.82) is 0 Å². The van der Waals surface area contributed by atoms with Gasteiger partial charge in [0.05, 0.1) is 7.11 Å². The molecule has 2 aromatic carbocycles. The normalized spacial score (nSPS) is 13.8. The molecule has 4 rings (SSSR count). The van der Waals surface area contributed by atoms with Gasteiger partial charge in [-0.3, -0.25) is 4.79 Å². The zero-order chi connectivity index (χ0) is 20.1. The second-order valence-electron chi connectivity index (χ2n) is 7.08. The lowest BCUT2D eigenvalue weighted by Gasteiger charge is -2.26. The van der Waals surface area contributed by atoms with Gasteiger partial charge in [-0.2, -0.15) is 0 Å². The van der Waals surface area contributed by atoms with Crippen molar-refractivity contribution < 1.29 is 9.53 Å². The van der Waals surface area contributed by atoms with Gasteiger partial charge >= 0.3 is 0 Å². The highest BCUT2D eigenvalue weighted by molar-refractivity contribution is 5.95. The molecule has 2 heterocycles. The molecule has 29 heavy (non-hydrogen) atoms. The molecule has 1 aliphatic rings. The molecular formula is C23H24N4O2. The van der Waals surface area contributed by atoms with Crippen molar-refractivity contribution in [3.63, 3.8) is 0 Å². The molecule has 3 aromatic rings. The SMILES string of the molecule is COc1ccc(-c2cnc(Nc3cccc(C(=O)N4CCCCC4)c3)nc2)cc1. The van der Waals surface area contributed by atoms with Crippen molar-refractivity contribution >= 4 is 17.5 Å². The van der Waals surface area contributed by atoms with E-state index >= 15 is 0 Å². The van der Waals surface area contributed by atoms with E-state index in [2.05, 4.69) is 15.3 Å². The molecule has 1 amide bonds. The van der Waals surface area contributed by atoms with Gasteiger partial charge in [0.15, 0.2) is 0 Å². The molecule has 6 nitrogen and oxygen atoms in total. The first kappa shape index (κ1) is 18.9. The maximum Gasteiger partial charge on any atom is 0.253 e. The summed E-state index contributed by atoms with van der Waals surface area (Å²) in [5, 5.41) is 3.19. The molecule has 1 fully saturated rings. The number of nitrogens with zero attached hydrogens (tertiary/aromatic N) is 3. The predicted octanol–water partition coefficient (Wildman–Crippen LogP) is 4.52. The van der Waals surface area contributed by atoms with Crippen LogP contribution in [0.25, 0.3) is 11.1 Å². The molecule has 1 N–H and O–H groups in total. The lowest BCUT2D eigenvalue weighted by Crippen LogP contribution is -2.35. The van der Waals surface area contributed by atoms with Crippen molar-refractivity contribution in [2.45, 2.75) is 19.3 Å². The maximum atomic E-state index is 12.7. The number of carbonyl (C=O) groups excluding carboxylic acids is 1. The predicted molar refractivity (Wildman–Crippen MR) is 113 cm³/mol. The number of nitrogens with one attached hydrogen (secondary N) is 1. The van der Waals surface area contributed by atoms with E-state index < -0.39 is 0 Å². The number of ether oxygens (including phenoxy) is 1. The summed E-state index contributed by atoms with van der Waals surface area (Å²) in [5.41, 5.74) is 3.43. The van der Waals surface area contributed by atoms with E-state index in [1.165, 1.54) is 6.42 Å². The summed E-state index contributed by atoms with van der Waals surface area (Å²) in [5.74, 6) is 1.39. The Hall–Kier alpha value is -3.41. The summed E-state index contributed by atoms with van der Waals surface area (Å²) in [6, 6.07) is 15.3. The zero-order valence-corrected chi connectivity index (χ0v) is 16.5. The number of carbonyl (C=O) groups is 1. The van der Waals surface area contributed by atoms with E-state index in [9.17, 15) is 4.79 Å². The molecule has 0 unspecified atom stereocenters. The van der Waals surface area contributed by atoms with E-state index in [0.29, 0.717) is 11.5 Å². The fourth-order valence-electron chi connectivity index (χ4n) is 3.46. The van der Waals surface area contributed by atoms with Crippen molar-refractivity contribution in [1.82, 2.24) is 14.9 Å². The van der Waals surface area contributed by atoms with Gasteiger partial charge < -0.3 is 15.0 Å². The lowest BCUT2D eigenvalue weighted by molar-refractivity contribution is 0.0724. The Bertz CT molecular complexity index is 965. The van der Waals surface area contributed by atoms with Crippen molar-refractivity contribution in [2.75, 3.05) is 25.5 Å². The standard InChI is InChI=1S/C23H24N4O2/c1-29-21-10-8-17(9-11-21)19-15-24-23(25-16-19)26-20-7-5-6-18(14-20)22(28)27-12-3-2-4-13-27/h5-11,14-16H,2-4,12-13H2,1H3,(H,24,25,26). The van der Waals surface area contributed by atoms with Crippen LogP contribution in [0.15, 0.2) is 60.9 Å². The first-order valence-electron chi connectivity index (χ1n) is 9.86. The van der Waals surface area contributed by atoms with Gasteiger partial charge in [-0.05, 0) is 55.2 Å². The highest BCUT2D eigenvalue weighted by atomic mass is 16.5. The number of amides is 1. The molecule has 1 saturated heterocycles. The van der Waals surface area contributed by atoms with Crippen LogP contribution in [0.4, 0.5) is 11.6 Å². The molecule has 6 heteroatoms. The van der Waals surface area contributed by atoms with Crippen LogP contribution in [-0.4, -0.2) is 41.0 Å². The quantitative estimate of drug-likeness (QED) is 0.696. The van der Waals surface area contributed by atoms with Crippen LogP contribution in [0.2, 0.25) is 0 Å². The molecular weight excluding hydrogens is 364 g/mol. The minimum absolute atomic E-state index is 0.0872. The van der Waals surface area contributed by atoms with Crippen LogP contribution >= 0.6 is 0 Å². The Labute approximate surface area is 170 Å². The smallest absolute Gasteiger partial charge is 0.253 e. The number of benzene rings is 2. The summed E-state index contributed by atoms with van der Waals surface area (Å²) in [4.78, 5) is 23.5. The molecule has 0 bridgehead atoms. The third-order valence-electron chi connectivity index (χ3n) is 5.08. The Morgan fingerprint density at radius 2 is 1.69 bits per heavy atom. The minimum Gasteiger partial charge on any atom is -0.497 e. The number of likely N-dealkylation sites (tertiary alicyclic amines) is 1. The van der Waals surface area contributed by atoms with Crippen molar-refractivity contribution in [2.24, 2.45) is 0 Å². The first-order valence-corrected chi connectivity index (χ1v) is 9.86. The summed E-state index contributed by atoms with van der Waals surface area (Å²) in [6.45, 7) is 1.68. The summed E-state index contributed by atoms with van der Waals surface area (Å²) >= 11 is 0. The Morgan fingerprint density at radius 1 is 0.966 bits per heavy atom. The molecule has 0 radical (unpaired) electrons. The average Bonchev–Trinajstić information content (AvgIpc) is 2.80. The van der Waals surface area contributed by atoms with Gasteiger partial charge in [-0.15, -0.1) is 0 Å².